The van der Waals surface area contributed by atoms with Crippen LogP contribution in [0, 0.1) is 5.92 Å². The molecule has 2 fully saturated rings. The fourth-order valence-electron chi connectivity index (χ4n) is 3.76. The average molecular weight is 478 g/mol. The number of hydrogen-bond acceptors (Lipinski definition) is 6. The Bertz CT molecular complexity index is 925. The highest BCUT2D eigenvalue weighted by Gasteiger charge is 2.32. The molecule has 12 heteroatoms. The number of piperidine rings is 2. The number of oxime groups is 1. The number of ether oxygens (including phenoxy) is 1. The monoisotopic (exact) mass is 477 g/mol. The first-order chi connectivity index (χ1) is 15.0. The average Bonchev–Trinajstić information content (AvgIpc) is 2.73. The summed E-state index contributed by atoms with van der Waals surface area (Å²) in [5.74, 6) is -0.204. The number of carbonyl (C=O) groups is 1. The minimum absolute atomic E-state index is 0.0529. The summed E-state index contributed by atoms with van der Waals surface area (Å²) in [6.45, 7) is 3.78. The molecule has 0 aromatic heterocycles. The van der Waals surface area contributed by atoms with Crippen LogP contribution >= 0.6 is 0 Å². The summed E-state index contributed by atoms with van der Waals surface area (Å²) in [5.41, 5.74) is 0.754. The molecule has 32 heavy (non-hydrogen) atoms. The first-order valence-corrected chi connectivity index (χ1v) is 11.8. The number of carbonyl (C=O) groups excluding carboxylic acids is 1. The third-order valence-corrected chi connectivity index (χ3v) is 7.38. The second-order valence-corrected chi connectivity index (χ2v) is 9.79. The quantitative estimate of drug-likeness (QED) is 0.588. The van der Waals surface area contributed by atoms with E-state index < -0.39 is 22.1 Å². The van der Waals surface area contributed by atoms with Crippen molar-refractivity contribution in [1.29, 1.82) is 0 Å². The van der Waals surface area contributed by atoms with E-state index in [1.54, 1.807) is 11.8 Å². The lowest BCUT2D eigenvalue weighted by atomic mass is 9.99. The number of benzene rings is 1. The van der Waals surface area contributed by atoms with Crippen molar-refractivity contribution in [3.63, 3.8) is 0 Å². The topological polar surface area (TPSA) is 88.5 Å². The van der Waals surface area contributed by atoms with Crippen LogP contribution in [0.2, 0.25) is 0 Å². The number of alkyl halides is 3. The molecule has 1 unspecified atom stereocenters. The zero-order valence-corrected chi connectivity index (χ0v) is 18.5. The van der Waals surface area contributed by atoms with Gasteiger partial charge in [-0.1, -0.05) is 5.16 Å². The largest absolute Gasteiger partial charge is 0.573 e. The third-order valence-electron chi connectivity index (χ3n) is 5.46. The van der Waals surface area contributed by atoms with Gasteiger partial charge in [-0.05, 0) is 37.1 Å². The van der Waals surface area contributed by atoms with Crippen molar-refractivity contribution in [1.82, 2.24) is 9.21 Å². The van der Waals surface area contributed by atoms with Crippen molar-refractivity contribution in [2.75, 3.05) is 32.8 Å². The van der Waals surface area contributed by atoms with Crippen molar-refractivity contribution in [2.24, 2.45) is 11.1 Å². The van der Waals surface area contributed by atoms with Gasteiger partial charge in [0.05, 0.1) is 10.6 Å². The van der Waals surface area contributed by atoms with E-state index in [4.69, 9.17) is 4.84 Å². The number of nitrogens with zero attached hydrogens (tertiary/aromatic N) is 3. The summed E-state index contributed by atoms with van der Waals surface area (Å²) in [6.07, 6.45) is -2.14. The number of amides is 1. The number of sulfonamides is 1. The first-order valence-electron chi connectivity index (χ1n) is 10.3. The van der Waals surface area contributed by atoms with Crippen LogP contribution in [0.15, 0.2) is 34.3 Å². The molecule has 0 spiro atoms. The summed E-state index contributed by atoms with van der Waals surface area (Å²) in [7, 11) is -3.83. The van der Waals surface area contributed by atoms with Crippen LogP contribution in [0.3, 0.4) is 0 Å². The SMILES string of the molecule is CC(=O)N1CCCC(CON=C2CCN(S(=O)(=O)c3ccc(OC(F)(F)F)cc3)CC2)C1. The molecule has 2 aliphatic heterocycles. The summed E-state index contributed by atoms with van der Waals surface area (Å²) >= 11 is 0. The number of likely N-dealkylation sites (tertiary alicyclic amines) is 1. The van der Waals surface area contributed by atoms with Crippen molar-refractivity contribution < 1.29 is 36.0 Å². The summed E-state index contributed by atoms with van der Waals surface area (Å²) in [5, 5.41) is 4.15. The van der Waals surface area contributed by atoms with E-state index in [9.17, 15) is 26.4 Å². The number of halogens is 3. The molecule has 0 bridgehead atoms. The van der Waals surface area contributed by atoms with Gasteiger partial charge < -0.3 is 14.5 Å². The van der Waals surface area contributed by atoms with Crippen molar-refractivity contribution in [2.45, 2.75) is 43.9 Å². The highest BCUT2D eigenvalue weighted by atomic mass is 32.2. The van der Waals surface area contributed by atoms with Gasteiger partial charge in [-0.2, -0.15) is 4.31 Å². The van der Waals surface area contributed by atoms with Crippen LogP contribution in [0.5, 0.6) is 5.75 Å². The van der Waals surface area contributed by atoms with Crippen LogP contribution in [-0.2, 0) is 19.7 Å². The Kier molecular flexibility index (Phi) is 7.65. The molecular weight excluding hydrogens is 451 g/mol. The Morgan fingerprint density at radius 1 is 1.16 bits per heavy atom. The zero-order valence-electron chi connectivity index (χ0n) is 17.7. The lowest BCUT2D eigenvalue weighted by Gasteiger charge is -2.31. The Morgan fingerprint density at radius 2 is 1.81 bits per heavy atom. The van der Waals surface area contributed by atoms with E-state index in [0.29, 0.717) is 26.0 Å². The van der Waals surface area contributed by atoms with E-state index >= 15 is 0 Å². The minimum atomic E-state index is -4.84. The second kappa shape index (κ2) is 10.1. The van der Waals surface area contributed by atoms with Gasteiger partial charge in [-0.25, -0.2) is 8.42 Å². The van der Waals surface area contributed by atoms with Gasteiger partial charge in [0.25, 0.3) is 0 Å². The van der Waals surface area contributed by atoms with E-state index in [2.05, 4.69) is 9.89 Å². The molecule has 0 N–H and O–H groups in total. The Morgan fingerprint density at radius 3 is 2.41 bits per heavy atom. The maximum absolute atomic E-state index is 12.8. The molecule has 2 saturated heterocycles. The Labute approximate surface area is 185 Å². The van der Waals surface area contributed by atoms with Crippen LogP contribution in [-0.4, -0.2) is 68.4 Å². The predicted octanol–water partition coefficient (Wildman–Crippen LogP) is 3.00. The standard InChI is InChI=1S/C20H26F3N3O5S/c1-15(27)25-10-2-3-16(13-25)14-30-24-17-8-11-26(12-9-17)32(28,29)19-6-4-18(5-7-19)31-20(21,22)23/h4-7,16H,2-3,8-14H2,1H3. The number of rotatable bonds is 6. The van der Waals surface area contributed by atoms with Gasteiger partial charge in [0, 0.05) is 51.9 Å². The maximum atomic E-state index is 12.8. The molecule has 1 amide bonds. The lowest BCUT2D eigenvalue weighted by molar-refractivity contribution is -0.274. The van der Waals surface area contributed by atoms with Gasteiger partial charge >= 0.3 is 6.36 Å². The van der Waals surface area contributed by atoms with Crippen molar-refractivity contribution in [3.05, 3.63) is 24.3 Å². The number of hydrogen-bond donors (Lipinski definition) is 0. The molecule has 2 aliphatic rings. The molecule has 2 heterocycles. The highest BCUT2D eigenvalue weighted by molar-refractivity contribution is 7.89. The van der Waals surface area contributed by atoms with Crippen LogP contribution < -0.4 is 4.74 Å². The molecule has 1 aromatic carbocycles. The molecule has 0 radical (unpaired) electrons. The maximum Gasteiger partial charge on any atom is 0.573 e. The molecule has 8 nitrogen and oxygen atoms in total. The summed E-state index contributed by atoms with van der Waals surface area (Å²) in [4.78, 5) is 18.7. The van der Waals surface area contributed by atoms with E-state index in [1.165, 1.54) is 4.31 Å². The molecule has 3 rings (SSSR count). The summed E-state index contributed by atoms with van der Waals surface area (Å²) in [6, 6.07) is 4.14. The van der Waals surface area contributed by atoms with E-state index in [1.807, 2.05) is 0 Å². The van der Waals surface area contributed by atoms with Crippen molar-refractivity contribution >= 4 is 21.6 Å². The molecule has 0 saturated carbocycles. The van der Waals surface area contributed by atoms with Crippen LogP contribution in [0.4, 0.5) is 13.2 Å². The fraction of sp³-hybridized carbons (Fsp3) is 0.600. The van der Waals surface area contributed by atoms with Crippen LogP contribution in [0.1, 0.15) is 32.6 Å². The molecule has 0 aliphatic carbocycles. The predicted molar refractivity (Wildman–Crippen MR) is 109 cm³/mol. The summed E-state index contributed by atoms with van der Waals surface area (Å²) < 4.78 is 67.3. The van der Waals surface area contributed by atoms with E-state index in [-0.39, 0.29) is 29.8 Å². The second-order valence-electron chi connectivity index (χ2n) is 7.85. The Hall–Kier alpha value is -2.34. The van der Waals surface area contributed by atoms with Gasteiger partial charge in [0.1, 0.15) is 12.4 Å². The fourth-order valence-corrected chi connectivity index (χ4v) is 5.20. The zero-order chi connectivity index (χ0) is 23.4. The van der Waals surface area contributed by atoms with Crippen molar-refractivity contribution in [3.8, 4) is 5.75 Å². The first kappa shape index (κ1) is 24.3. The Balaban J connectivity index is 1.49. The van der Waals surface area contributed by atoms with E-state index in [0.717, 1.165) is 49.4 Å². The molecule has 178 valence electrons. The molecule has 1 atom stereocenters. The lowest BCUT2D eigenvalue weighted by Crippen LogP contribution is -2.40. The third kappa shape index (κ3) is 6.58. The molecule has 1 aromatic rings. The minimum Gasteiger partial charge on any atom is -0.406 e. The van der Waals surface area contributed by atoms with Gasteiger partial charge in [0.15, 0.2) is 0 Å². The van der Waals surface area contributed by atoms with Gasteiger partial charge in [-0.3, -0.25) is 4.79 Å². The normalized spacial score (nSPS) is 20.7. The highest BCUT2D eigenvalue weighted by Crippen LogP contribution is 2.26. The van der Waals surface area contributed by atoms with Crippen LogP contribution in [0.25, 0.3) is 0 Å². The van der Waals surface area contributed by atoms with Gasteiger partial charge in [0.2, 0.25) is 15.9 Å². The molecular formula is C20H26F3N3O5S. The smallest absolute Gasteiger partial charge is 0.406 e. The van der Waals surface area contributed by atoms with Gasteiger partial charge in [-0.15, -0.1) is 13.2 Å².